The Morgan fingerprint density at radius 1 is 1.35 bits per heavy atom. The lowest BCUT2D eigenvalue weighted by molar-refractivity contribution is 0.0192. The van der Waals surface area contributed by atoms with Crippen molar-refractivity contribution < 1.29 is 19.1 Å². The Morgan fingerprint density at radius 2 is 2.15 bits per heavy atom. The van der Waals surface area contributed by atoms with E-state index in [9.17, 15) is 9.59 Å². The van der Waals surface area contributed by atoms with Crippen LogP contribution in [0, 0.1) is 11.8 Å². The van der Waals surface area contributed by atoms with Crippen LogP contribution in [0.1, 0.15) is 43.1 Å². The standard InChI is InChI=1S/C20H26N2O4/c1-20(2,3)26-19(24)22-11-12-9-15(12)16(22)10-21-18(23)14-5-4-6-17-13(14)7-8-25-17/h4-6,12,15-16H,7-11H2,1-3H3,(H,21,23)/t12-,15-,16+/m0/s1. The molecule has 6 nitrogen and oxygen atoms in total. The van der Waals surface area contributed by atoms with E-state index in [2.05, 4.69) is 5.32 Å². The summed E-state index contributed by atoms with van der Waals surface area (Å²) >= 11 is 0. The molecule has 140 valence electrons. The normalized spacial score (nSPS) is 26.0. The zero-order valence-corrected chi connectivity index (χ0v) is 15.6. The molecule has 0 aromatic heterocycles. The van der Waals surface area contributed by atoms with Gasteiger partial charge in [0.15, 0.2) is 0 Å². The lowest BCUT2D eigenvalue weighted by atomic mass is 10.0. The molecule has 1 aliphatic carbocycles. The van der Waals surface area contributed by atoms with E-state index in [1.54, 1.807) is 4.90 Å². The second-order valence-electron chi connectivity index (χ2n) is 8.45. The number of likely N-dealkylation sites (tertiary alicyclic amines) is 1. The monoisotopic (exact) mass is 358 g/mol. The smallest absolute Gasteiger partial charge is 0.410 e. The first-order chi connectivity index (χ1) is 12.3. The molecule has 1 saturated heterocycles. The van der Waals surface area contributed by atoms with Gasteiger partial charge in [0.25, 0.3) is 5.91 Å². The van der Waals surface area contributed by atoms with Gasteiger partial charge in [0, 0.05) is 30.6 Å². The van der Waals surface area contributed by atoms with Gasteiger partial charge >= 0.3 is 6.09 Å². The van der Waals surface area contributed by atoms with Gasteiger partial charge in [-0.1, -0.05) is 6.07 Å². The fourth-order valence-electron chi connectivity index (χ4n) is 4.09. The first-order valence-corrected chi connectivity index (χ1v) is 9.36. The maximum absolute atomic E-state index is 12.7. The molecular weight excluding hydrogens is 332 g/mol. The van der Waals surface area contributed by atoms with E-state index in [0.717, 1.165) is 30.7 Å². The van der Waals surface area contributed by atoms with Crippen LogP contribution in [0.15, 0.2) is 18.2 Å². The van der Waals surface area contributed by atoms with Crippen LogP contribution in [0.5, 0.6) is 5.75 Å². The van der Waals surface area contributed by atoms with Crippen LogP contribution in [0.25, 0.3) is 0 Å². The number of amides is 2. The third-order valence-electron chi connectivity index (χ3n) is 5.39. The minimum Gasteiger partial charge on any atom is -0.493 e. The van der Waals surface area contributed by atoms with E-state index in [1.165, 1.54) is 0 Å². The van der Waals surface area contributed by atoms with Crippen LogP contribution >= 0.6 is 0 Å². The molecule has 0 radical (unpaired) electrons. The molecule has 3 aliphatic rings. The highest BCUT2D eigenvalue weighted by molar-refractivity contribution is 5.96. The molecule has 0 bridgehead atoms. The largest absolute Gasteiger partial charge is 0.493 e. The Balaban J connectivity index is 1.41. The predicted octanol–water partition coefficient (Wildman–Crippen LogP) is 2.61. The Labute approximate surface area is 153 Å². The highest BCUT2D eigenvalue weighted by Gasteiger charge is 2.54. The van der Waals surface area contributed by atoms with Gasteiger partial charge in [0.05, 0.1) is 12.6 Å². The fraction of sp³-hybridized carbons (Fsp3) is 0.600. The average molecular weight is 358 g/mol. The minimum atomic E-state index is -0.512. The summed E-state index contributed by atoms with van der Waals surface area (Å²) in [6.07, 6.45) is 1.61. The molecule has 2 heterocycles. The highest BCUT2D eigenvalue weighted by Crippen LogP contribution is 2.49. The minimum absolute atomic E-state index is 0.0202. The van der Waals surface area contributed by atoms with Gasteiger partial charge < -0.3 is 19.7 Å². The van der Waals surface area contributed by atoms with E-state index in [4.69, 9.17) is 9.47 Å². The molecule has 4 rings (SSSR count). The molecule has 3 atom stereocenters. The van der Waals surface area contributed by atoms with E-state index in [0.29, 0.717) is 30.6 Å². The number of piperidine rings is 1. The van der Waals surface area contributed by atoms with Crippen LogP contribution in [0.4, 0.5) is 4.79 Å². The summed E-state index contributed by atoms with van der Waals surface area (Å²) in [4.78, 5) is 27.0. The van der Waals surface area contributed by atoms with Gasteiger partial charge in [-0.25, -0.2) is 4.79 Å². The van der Waals surface area contributed by atoms with Crippen molar-refractivity contribution in [2.24, 2.45) is 11.8 Å². The number of hydrogen-bond acceptors (Lipinski definition) is 4. The molecule has 1 aromatic rings. The van der Waals surface area contributed by atoms with Crippen molar-refractivity contribution in [1.82, 2.24) is 10.2 Å². The van der Waals surface area contributed by atoms with Crippen molar-refractivity contribution in [2.75, 3.05) is 19.7 Å². The first kappa shape index (κ1) is 17.2. The number of rotatable bonds is 3. The molecule has 26 heavy (non-hydrogen) atoms. The average Bonchev–Trinajstić information content (AvgIpc) is 3.02. The Kier molecular flexibility index (Phi) is 4.09. The Morgan fingerprint density at radius 3 is 2.92 bits per heavy atom. The number of fused-ring (bicyclic) bond motifs is 2. The van der Waals surface area contributed by atoms with E-state index in [-0.39, 0.29) is 18.0 Å². The number of carbonyl (C=O) groups excluding carboxylic acids is 2. The Hall–Kier alpha value is -2.24. The molecular formula is C20H26N2O4. The summed E-state index contributed by atoms with van der Waals surface area (Å²) in [7, 11) is 0. The summed E-state index contributed by atoms with van der Waals surface area (Å²) in [5.41, 5.74) is 1.14. The van der Waals surface area contributed by atoms with Gasteiger partial charge in [-0.3, -0.25) is 4.79 Å². The van der Waals surface area contributed by atoms with Crippen LogP contribution in [0.3, 0.4) is 0 Å². The quantitative estimate of drug-likeness (QED) is 0.902. The molecule has 2 aliphatic heterocycles. The second kappa shape index (κ2) is 6.18. The second-order valence-corrected chi connectivity index (χ2v) is 8.45. The molecule has 1 aromatic carbocycles. The van der Waals surface area contributed by atoms with Crippen molar-refractivity contribution in [3.63, 3.8) is 0 Å². The van der Waals surface area contributed by atoms with Gasteiger partial charge in [-0.2, -0.15) is 0 Å². The zero-order chi connectivity index (χ0) is 18.5. The fourth-order valence-corrected chi connectivity index (χ4v) is 4.09. The van der Waals surface area contributed by atoms with Gasteiger partial charge in [0.2, 0.25) is 0 Å². The summed E-state index contributed by atoms with van der Waals surface area (Å²) in [5, 5.41) is 3.03. The lowest BCUT2D eigenvalue weighted by Crippen LogP contribution is -2.47. The van der Waals surface area contributed by atoms with Crippen molar-refractivity contribution in [1.29, 1.82) is 0 Å². The van der Waals surface area contributed by atoms with Crippen molar-refractivity contribution in [2.45, 2.75) is 45.3 Å². The van der Waals surface area contributed by atoms with E-state index < -0.39 is 5.60 Å². The van der Waals surface area contributed by atoms with E-state index in [1.807, 2.05) is 39.0 Å². The zero-order valence-electron chi connectivity index (χ0n) is 15.6. The van der Waals surface area contributed by atoms with Crippen LogP contribution < -0.4 is 10.1 Å². The van der Waals surface area contributed by atoms with Crippen LogP contribution in [-0.2, 0) is 11.2 Å². The number of carbonyl (C=O) groups is 2. The van der Waals surface area contributed by atoms with Crippen molar-refractivity contribution >= 4 is 12.0 Å². The van der Waals surface area contributed by atoms with Gasteiger partial charge in [0.1, 0.15) is 11.4 Å². The van der Waals surface area contributed by atoms with Crippen molar-refractivity contribution in [3.05, 3.63) is 29.3 Å². The number of benzene rings is 1. The number of nitrogens with zero attached hydrogens (tertiary/aromatic N) is 1. The van der Waals surface area contributed by atoms with Gasteiger partial charge in [-0.15, -0.1) is 0 Å². The maximum Gasteiger partial charge on any atom is 0.410 e. The SMILES string of the molecule is CC(C)(C)OC(=O)N1C[C@@H]2C[C@@H]2[C@H]1CNC(=O)c1cccc2c1CCO2. The number of ether oxygens (including phenoxy) is 2. The maximum atomic E-state index is 12.7. The predicted molar refractivity (Wildman–Crippen MR) is 96.3 cm³/mol. The summed E-state index contributed by atoms with van der Waals surface area (Å²) in [6, 6.07) is 5.60. The van der Waals surface area contributed by atoms with Crippen LogP contribution in [-0.4, -0.2) is 48.2 Å². The van der Waals surface area contributed by atoms with E-state index >= 15 is 0 Å². The lowest BCUT2D eigenvalue weighted by Gasteiger charge is -2.30. The summed E-state index contributed by atoms with van der Waals surface area (Å²) in [5.74, 6) is 1.74. The molecule has 2 amide bonds. The molecule has 1 N–H and O–H groups in total. The molecule has 1 saturated carbocycles. The summed E-state index contributed by atoms with van der Waals surface area (Å²) in [6.45, 7) is 7.43. The number of hydrogen-bond donors (Lipinski definition) is 1. The summed E-state index contributed by atoms with van der Waals surface area (Å²) < 4.78 is 11.1. The van der Waals surface area contributed by atoms with Crippen molar-refractivity contribution in [3.8, 4) is 5.75 Å². The molecule has 6 heteroatoms. The number of nitrogens with one attached hydrogen (secondary N) is 1. The molecule has 2 fully saturated rings. The topological polar surface area (TPSA) is 67.9 Å². The molecule has 0 spiro atoms. The third-order valence-corrected chi connectivity index (χ3v) is 5.39. The Bertz CT molecular complexity index is 740. The van der Waals surface area contributed by atoms with Gasteiger partial charge in [-0.05, 0) is 51.2 Å². The third kappa shape index (κ3) is 3.24. The van der Waals surface area contributed by atoms with Crippen LogP contribution in [0.2, 0.25) is 0 Å². The first-order valence-electron chi connectivity index (χ1n) is 9.36. The molecule has 0 unspecified atom stereocenters. The highest BCUT2D eigenvalue weighted by atomic mass is 16.6.